The zero-order valence-corrected chi connectivity index (χ0v) is 21.5. The van der Waals surface area contributed by atoms with Crippen LogP contribution in [-0.2, 0) is 9.59 Å². The van der Waals surface area contributed by atoms with E-state index in [1.54, 1.807) is 26.8 Å². The van der Waals surface area contributed by atoms with Crippen molar-refractivity contribution in [3.05, 3.63) is 57.2 Å². The predicted octanol–water partition coefficient (Wildman–Crippen LogP) is 8.31. The Labute approximate surface area is 199 Å². The first-order valence-electron chi connectivity index (χ1n) is 12.2. The predicted molar refractivity (Wildman–Crippen MR) is 135 cm³/mol. The van der Waals surface area contributed by atoms with Crippen molar-refractivity contribution in [2.45, 2.75) is 92.9 Å². The van der Waals surface area contributed by atoms with Crippen LogP contribution in [0, 0.1) is 5.92 Å². The summed E-state index contributed by atoms with van der Waals surface area (Å²) >= 11 is 0. The van der Waals surface area contributed by atoms with Crippen molar-refractivity contribution in [3.63, 3.8) is 0 Å². The maximum Gasteiger partial charge on any atom is 0.185 e. The largest absolute Gasteiger partial charge is 0.289 e. The zero-order chi connectivity index (χ0) is 25.0. The maximum absolute atomic E-state index is 12.6. The summed E-state index contributed by atoms with van der Waals surface area (Å²) in [6.45, 7) is 10.3. The number of carbonyl (C=O) groups excluding carboxylic acids is 2. The van der Waals surface area contributed by atoms with E-state index in [0.717, 1.165) is 38.5 Å². The topological polar surface area (TPSA) is 34.1 Å². The third-order valence-corrected chi connectivity index (χ3v) is 6.70. The Morgan fingerprint density at radius 2 is 1.27 bits per heavy atom. The second-order valence-corrected chi connectivity index (χ2v) is 9.54. The van der Waals surface area contributed by atoms with Gasteiger partial charge in [-0.15, -0.1) is 0 Å². The van der Waals surface area contributed by atoms with Crippen molar-refractivity contribution >= 4 is 11.6 Å². The van der Waals surface area contributed by atoms with Crippen molar-refractivity contribution in [2.75, 3.05) is 13.3 Å². The van der Waals surface area contributed by atoms with Crippen LogP contribution in [-0.4, -0.2) is 24.9 Å². The maximum atomic E-state index is 12.6. The summed E-state index contributed by atoms with van der Waals surface area (Å²) in [5.41, 5.74) is 5.36. The van der Waals surface area contributed by atoms with Crippen molar-refractivity contribution in [3.8, 4) is 0 Å². The molecule has 1 atom stereocenters. The van der Waals surface area contributed by atoms with Crippen molar-refractivity contribution in [1.29, 1.82) is 0 Å². The molecule has 0 saturated carbocycles. The lowest BCUT2D eigenvalue weighted by atomic mass is 9.82. The van der Waals surface area contributed by atoms with Crippen LogP contribution in [0.2, 0.25) is 0 Å². The molecule has 0 spiro atoms. The number of Topliss-reactive ketones (excluding diaryl/α,β-unsaturated/α-hetero) is 2. The lowest BCUT2D eigenvalue weighted by molar-refractivity contribution is -0.116. The highest BCUT2D eigenvalue weighted by atomic mass is 19.1. The highest BCUT2D eigenvalue weighted by Crippen LogP contribution is 2.29. The van der Waals surface area contributed by atoms with Crippen molar-refractivity contribution in [1.82, 2.24) is 0 Å². The number of ketones is 2. The Balaban J connectivity index is 2.37. The first-order chi connectivity index (χ1) is 15.6. The molecule has 0 amide bonds. The number of halogens is 2. The van der Waals surface area contributed by atoms with Crippen LogP contribution in [0.3, 0.4) is 0 Å². The molecule has 1 aliphatic rings. The van der Waals surface area contributed by atoms with Gasteiger partial charge in [0.15, 0.2) is 11.6 Å². The minimum atomic E-state index is -0.701. The van der Waals surface area contributed by atoms with Gasteiger partial charge in [-0.1, -0.05) is 36.3 Å². The van der Waals surface area contributed by atoms with Crippen molar-refractivity contribution < 1.29 is 18.4 Å². The Bertz CT molecular complexity index is 847. The average molecular weight is 461 g/mol. The van der Waals surface area contributed by atoms with Crippen LogP contribution < -0.4 is 0 Å². The van der Waals surface area contributed by atoms with Gasteiger partial charge in [0.2, 0.25) is 0 Å². The molecule has 0 aromatic carbocycles. The van der Waals surface area contributed by atoms with E-state index in [4.69, 9.17) is 0 Å². The second kappa shape index (κ2) is 14.9. The first-order valence-corrected chi connectivity index (χ1v) is 12.2. The molecule has 0 aromatic heterocycles. The molecule has 0 aliphatic heterocycles. The number of alkyl halides is 2. The molecule has 33 heavy (non-hydrogen) atoms. The fourth-order valence-electron chi connectivity index (χ4n) is 4.01. The number of hydrogen-bond donors (Lipinski definition) is 0. The molecule has 0 radical (unpaired) electrons. The normalized spacial score (nSPS) is 16.6. The van der Waals surface area contributed by atoms with Gasteiger partial charge < -0.3 is 0 Å². The zero-order valence-electron chi connectivity index (χ0n) is 21.5. The van der Waals surface area contributed by atoms with Crippen LogP contribution in [0.4, 0.5) is 8.78 Å². The summed E-state index contributed by atoms with van der Waals surface area (Å²) < 4.78 is 24.9. The van der Waals surface area contributed by atoms with E-state index < -0.39 is 13.3 Å². The molecule has 2 nitrogen and oxygen atoms in total. The van der Waals surface area contributed by atoms with Gasteiger partial charge in [-0.2, -0.15) is 0 Å². The molecule has 4 heteroatoms. The van der Waals surface area contributed by atoms with Crippen LogP contribution >= 0.6 is 0 Å². The summed E-state index contributed by atoms with van der Waals surface area (Å²) in [5, 5.41) is 0. The highest BCUT2D eigenvalue weighted by Gasteiger charge is 2.27. The summed E-state index contributed by atoms with van der Waals surface area (Å²) in [4.78, 5) is 24.9. The van der Waals surface area contributed by atoms with E-state index in [0.29, 0.717) is 41.1 Å². The molecule has 0 aromatic rings. The fourth-order valence-corrected chi connectivity index (χ4v) is 4.01. The molecule has 1 rings (SSSR count). The van der Waals surface area contributed by atoms with Gasteiger partial charge in [-0.25, -0.2) is 8.78 Å². The first kappa shape index (κ1) is 28.9. The van der Waals surface area contributed by atoms with E-state index in [2.05, 4.69) is 32.9 Å². The van der Waals surface area contributed by atoms with Crippen LogP contribution in [0.1, 0.15) is 92.9 Å². The molecule has 0 unspecified atom stereocenters. The number of allylic oxidation sites excluding steroid dienone is 10. The molecule has 0 heterocycles. The Hall–Kier alpha value is -2.10. The molecule has 0 fully saturated rings. The molecule has 1 aliphatic carbocycles. The van der Waals surface area contributed by atoms with Gasteiger partial charge in [0.05, 0.1) is 0 Å². The number of carbonyl (C=O) groups is 2. The molecule has 184 valence electrons. The average Bonchev–Trinajstić information content (AvgIpc) is 2.79. The van der Waals surface area contributed by atoms with Gasteiger partial charge in [0.1, 0.15) is 13.3 Å². The van der Waals surface area contributed by atoms with Gasteiger partial charge in [-0.3, -0.25) is 9.59 Å². The van der Waals surface area contributed by atoms with E-state index in [1.807, 2.05) is 0 Å². The fraction of sp³-hybridized carbons (Fsp3) is 0.586. The molecule has 0 saturated heterocycles. The van der Waals surface area contributed by atoms with Gasteiger partial charge in [-0.05, 0) is 97.5 Å². The summed E-state index contributed by atoms with van der Waals surface area (Å²) in [7, 11) is 0. The monoisotopic (exact) mass is 460 g/mol. The Kier molecular flexibility index (Phi) is 13.1. The number of rotatable bonds is 14. The standard InChI is InChI=1S/C29H42F2O2/c1-20(10-7-11-21(2)14-9-15-26(18-30)19-31)12-8-13-22(3)16-17-27-25(6)28(32)23(4)24(5)29(27)33/h11-12,15,22H,7-10,13-14,16-19H2,1-6H3/b20-12+,21-11+/t22-/m0/s1. The molecular formula is C29H42F2O2. The Morgan fingerprint density at radius 3 is 1.85 bits per heavy atom. The lowest BCUT2D eigenvalue weighted by Gasteiger charge is -2.20. The third kappa shape index (κ3) is 9.73. The summed E-state index contributed by atoms with van der Waals surface area (Å²) in [6, 6.07) is 0. The molecule has 0 bridgehead atoms. The Morgan fingerprint density at radius 1 is 0.758 bits per heavy atom. The molecular weight excluding hydrogens is 418 g/mol. The minimum Gasteiger partial charge on any atom is -0.289 e. The number of hydrogen-bond acceptors (Lipinski definition) is 2. The quantitative estimate of drug-likeness (QED) is 0.193. The van der Waals surface area contributed by atoms with Crippen LogP contribution in [0.25, 0.3) is 0 Å². The smallest absolute Gasteiger partial charge is 0.185 e. The van der Waals surface area contributed by atoms with Crippen LogP contribution in [0.15, 0.2) is 57.2 Å². The lowest BCUT2D eigenvalue weighted by Crippen LogP contribution is -2.21. The van der Waals surface area contributed by atoms with Gasteiger partial charge in [0.25, 0.3) is 0 Å². The van der Waals surface area contributed by atoms with Crippen molar-refractivity contribution in [2.24, 2.45) is 5.92 Å². The summed E-state index contributed by atoms with van der Waals surface area (Å²) in [5.74, 6) is 0.536. The SMILES string of the molecule is CC1=C(C)C(=O)C(CC[C@@H](C)CC/C=C(\C)CC/C=C(\C)CCC=C(CF)CF)=C(C)C1=O. The molecule has 0 N–H and O–H groups in total. The summed E-state index contributed by atoms with van der Waals surface area (Å²) in [6.07, 6.45) is 13.3. The third-order valence-electron chi connectivity index (χ3n) is 6.70. The van der Waals surface area contributed by atoms with E-state index in [-0.39, 0.29) is 17.1 Å². The minimum absolute atomic E-state index is 0.0123. The van der Waals surface area contributed by atoms with Gasteiger partial charge in [0, 0.05) is 22.3 Å². The van der Waals surface area contributed by atoms with E-state index in [1.165, 1.54) is 11.1 Å². The second-order valence-electron chi connectivity index (χ2n) is 9.54. The van der Waals surface area contributed by atoms with Crippen LogP contribution in [0.5, 0.6) is 0 Å². The van der Waals surface area contributed by atoms with Gasteiger partial charge >= 0.3 is 0 Å². The van der Waals surface area contributed by atoms with E-state index >= 15 is 0 Å². The van der Waals surface area contributed by atoms with E-state index in [9.17, 15) is 18.4 Å². The highest BCUT2D eigenvalue weighted by molar-refractivity contribution is 6.24.